The second kappa shape index (κ2) is 4.64. The van der Waals surface area contributed by atoms with Gasteiger partial charge in [-0.3, -0.25) is 9.78 Å². The number of carbonyl (C=O) groups is 1. The van der Waals surface area contributed by atoms with Crippen LogP contribution in [0.25, 0.3) is 0 Å². The summed E-state index contributed by atoms with van der Waals surface area (Å²) in [6.07, 6.45) is -3.67. The zero-order valence-electron chi connectivity index (χ0n) is 11.1. The Kier molecular flexibility index (Phi) is 3.03. The van der Waals surface area contributed by atoms with E-state index in [4.69, 9.17) is 0 Å². The first kappa shape index (κ1) is 13.7. The second-order valence-corrected chi connectivity index (χ2v) is 5.00. The van der Waals surface area contributed by atoms with Gasteiger partial charge in [-0.1, -0.05) is 6.07 Å². The summed E-state index contributed by atoms with van der Waals surface area (Å²) in [4.78, 5) is 17.3. The molecule has 3 heterocycles. The average Bonchev–Trinajstić information content (AvgIpc) is 2.79. The van der Waals surface area contributed by atoms with Crippen LogP contribution < -0.4 is 0 Å². The molecule has 2 aliphatic rings. The maximum atomic E-state index is 13.1. The van der Waals surface area contributed by atoms with Gasteiger partial charge in [0.05, 0.1) is 24.1 Å². The third kappa shape index (κ3) is 2.41. The quantitative estimate of drug-likeness (QED) is 0.800. The minimum atomic E-state index is -4.68. The van der Waals surface area contributed by atoms with E-state index in [0.717, 1.165) is 23.2 Å². The molecule has 0 saturated carbocycles. The number of aromatic nitrogens is 1. The van der Waals surface area contributed by atoms with Crippen LogP contribution in [0.1, 0.15) is 17.0 Å². The lowest BCUT2D eigenvalue weighted by molar-refractivity contribution is -0.177. The lowest BCUT2D eigenvalue weighted by Gasteiger charge is -2.28. The molecule has 0 aliphatic carbocycles. The van der Waals surface area contributed by atoms with E-state index in [1.807, 2.05) is 19.1 Å². The highest BCUT2D eigenvalue weighted by Gasteiger charge is 2.50. The Morgan fingerprint density at radius 2 is 2.05 bits per heavy atom. The van der Waals surface area contributed by atoms with Crippen LogP contribution in [0.3, 0.4) is 0 Å². The summed E-state index contributed by atoms with van der Waals surface area (Å²) in [6.45, 7) is 2.33. The molecule has 110 valence electrons. The fourth-order valence-electron chi connectivity index (χ4n) is 2.52. The van der Waals surface area contributed by atoms with E-state index in [-0.39, 0.29) is 18.8 Å². The molecule has 5 nitrogen and oxygen atoms in total. The molecule has 1 amide bonds. The predicted octanol–water partition coefficient (Wildman–Crippen LogP) is 2.72. The first-order valence-electron chi connectivity index (χ1n) is 6.28. The van der Waals surface area contributed by atoms with Gasteiger partial charge in [-0.05, 0) is 18.6 Å². The number of halogens is 3. The minimum absolute atomic E-state index is 0.168. The van der Waals surface area contributed by atoms with Gasteiger partial charge < -0.3 is 4.90 Å². The average molecular weight is 296 g/mol. The molecule has 8 heteroatoms. The standard InChI is InChI=1S/C13H11F3N4O/c1-7-2-3-8-5-20(6-9(8)18-7)10-4-17-19-12(21)11(10)13(14,15)16/h2-4,11H,5-6H2,1H3. The van der Waals surface area contributed by atoms with Gasteiger partial charge in [0.25, 0.3) is 5.91 Å². The molecule has 0 aromatic carbocycles. The summed E-state index contributed by atoms with van der Waals surface area (Å²) in [5.74, 6) is -3.52. The maximum Gasteiger partial charge on any atom is 0.406 e. The summed E-state index contributed by atoms with van der Waals surface area (Å²) in [5, 5.41) is 6.39. The lowest BCUT2D eigenvalue weighted by atomic mass is 10.0. The number of nitrogens with zero attached hydrogens (tertiary/aromatic N) is 4. The van der Waals surface area contributed by atoms with Gasteiger partial charge in [-0.25, -0.2) is 0 Å². The molecule has 1 atom stereocenters. The van der Waals surface area contributed by atoms with Gasteiger partial charge in [0, 0.05) is 12.2 Å². The van der Waals surface area contributed by atoms with Crippen molar-refractivity contribution in [3.63, 3.8) is 0 Å². The third-order valence-corrected chi connectivity index (χ3v) is 3.49. The van der Waals surface area contributed by atoms with Crippen molar-refractivity contribution in [2.24, 2.45) is 16.1 Å². The number of hydrogen-bond acceptors (Lipinski definition) is 4. The van der Waals surface area contributed by atoms with E-state index in [1.54, 1.807) is 0 Å². The fraction of sp³-hybridized carbons (Fsp3) is 0.385. The van der Waals surface area contributed by atoms with Gasteiger partial charge in [0.15, 0.2) is 5.92 Å². The van der Waals surface area contributed by atoms with Crippen molar-refractivity contribution in [1.82, 2.24) is 9.88 Å². The van der Waals surface area contributed by atoms with Crippen molar-refractivity contribution in [3.05, 3.63) is 41.0 Å². The number of azo groups is 1. The minimum Gasteiger partial charge on any atom is -0.362 e. The Labute approximate surface area is 118 Å². The highest BCUT2D eigenvalue weighted by atomic mass is 19.4. The molecule has 3 rings (SSSR count). The third-order valence-electron chi connectivity index (χ3n) is 3.49. The van der Waals surface area contributed by atoms with Crippen molar-refractivity contribution in [3.8, 4) is 0 Å². The summed E-state index contributed by atoms with van der Waals surface area (Å²) in [6, 6.07) is 3.65. The van der Waals surface area contributed by atoms with E-state index in [9.17, 15) is 18.0 Å². The lowest BCUT2D eigenvalue weighted by Crippen LogP contribution is -2.38. The molecule has 0 N–H and O–H groups in total. The summed E-state index contributed by atoms with van der Waals surface area (Å²) >= 11 is 0. The SMILES string of the molecule is Cc1ccc2c(n1)CN(C1=CN=NC(=O)C1C(F)(F)F)C2. The highest BCUT2D eigenvalue weighted by molar-refractivity contribution is 5.83. The zero-order chi connectivity index (χ0) is 15.2. The Balaban J connectivity index is 1.92. The molecule has 1 aromatic heterocycles. The second-order valence-electron chi connectivity index (χ2n) is 5.00. The first-order chi connectivity index (χ1) is 9.86. The summed E-state index contributed by atoms with van der Waals surface area (Å²) in [7, 11) is 0. The maximum absolute atomic E-state index is 13.1. The Morgan fingerprint density at radius 1 is 1.29 bits per heavy atom. The molecule has 1 aromatic rings. The highest BCUT2D eigenvalue weighted by Crippen LogP contribution is 2.39. The van der Waals surface area contributed by atoms with Crippen LogP contribution >= 0.6 is 0 Å². The molecular weight excluding hydrogens is 285 g/mol. The number of aryl methyl sites for hydroxylation is 1. The van der Waals surface area contributed by atoms with E-state index < -0.39 is 18.0 Å². The number of pyridine rings is 1. The van der Waals surface area contributed by atoms with Crippen LogP contribution in [0.5, 0.6) is 0 Å². The van der Waals surface area contributed by atoms with E-state index >= 15 is 0 Å². The van der Waals surface area contributed by atoms with Gasteiger partial charge >= 0.3 is 6.18 Å². The van der Waals surface area contributed by atoms with Crippen LogP contribution in [0.2, 0.25) is 0 Å². The zero-order valence-corrected chi connectivity index (χ0v) is 11.1. The van der Waals surface area contributed by atoms with Gasteiger partial charge in [0.1, 0.15) is 0 Å². The van der Waals surface area contributed by atoms with Crippen LogP contribution in [-0.2, 0) is 17.9 Å². The first-order valence-corrected chi connectivity index (χ1v) is 6.28. The van der Waals surface area contributed by atoms with Crippen LogP contribution in [0, 0.1) is 12.8 Å². The van der Waals surface area contributed by atoms with Crippen molar-refractivity contribution in [1.29, 1.82) is 0 Å². The largest absolute Gasteiger partial charge is 0.406 e. The summed E-state index contributed by atoms with van der Waals surface area (Å²) < 4.78 is 39.2. The van der Waals surface area contributed by atoms with Crippen molar-refractivity contribution in [2.45, 2.75) is 26.2 Å². The number of amides is 1. The van der Waals surface area contributed by atoms with Gasteiger partial charge in [-0.15, -0.1) is 5.11 Å². The number of hydrogen-bond donors (Lipinski definition) is 0. The molecule has 0 bridgehead atoms. The molecule has 0 spiro atoms. The predicted molar refractivity (Wildman–Crippen MR) is 65.7 cm³/mol. The molecule has 0 fully saturated rings. The molecule has 21 heavy (non-hydrogen) atoms. The molecule has 1 unspecified atom stereocenters. The number of carbonyl (C=O) groups excluding carboxylic acids is 1. The number of rotatable bonds is 1. The number of fused-ring (bicyclic) bond motifs is 1. The molecule has 0 saturated heterocycles. The fourth-order valence-corrected chi connectivity index (χ4v) is 2.52. The van der Waals surface area contributed by atoms with E-state index in [2.05, 4.69) is 15.2 Å². The van der Waals surface area contributed by atoms with E-state index in [0.29, 0.717) is 0 Å². The van der Waals surface area contributed by atoms with Crippen molar-refractivity contribution >= 4 is 5.91 Å². The Hall–Kier alpha value is -2.25. The monoisotopic (exact) mass is 296 g/mol. The molecule has 0 radical (unpaired) electrons. The van der Waals surface area contributed by atoms with Gasteiger partial charge in [0.2, 0.25) is 0 Å². The Bertz CT molecular complexity index is 666. The van der Waals surface area contributed by atoms with E-state index in [1.165, 1.54) is 4.90 Å². The number of alkyl halides is 3. The topological polar surface area (TPSA) is 57.9 Å². The molecular formula is C13H11F3N4O. The van der Waals surface area contributed by atoms with Crippen molar-refractivity contribution < 1.29 is 18.0 Å². The Morgan fingerprint density at radius 3 is 2.76 bits per heavy atom. The summed E-state index contributed by atoms with van der Waals surface area (Å²) in [5.41, 5.74) is 2.22. The van der Waals surface area contributed by atoms with Crippen LogP contribution in [0.15, 0.2) is 34.3 Å². The van der Waals surface area contributed by atoms with Crippen LogP contribution in [-0.4, -0.2) is 22.0 Å². The normalized spacial score (nSPS) is 21.5. The van der Waals surface area contributed by atoms with Crippen molar-refractivity contribution in [2.75, 3.05) is 0 Å². The smallest absolute Gasteiger partial charge is 0.362 e. The molecule has 2 aliphatic heterocycles. The van der Waals surface area contributed by atoms with Gasteiger partial charge in [-0.2, -0.15) is 18.3 Å². The van der Waals surface area contributed by atoms with Crippen LogP contribution in [0.4, 0.5) is 13.2 Å².